The summed E-state index contributed by atoms with van der Waals surface area (Å²) < 4.78 is 39.3. The molecule has 1 saturated heterocycles. The molecule has 6 aromatic carbocycles. The Hall–Kier alpha value is -4.93. The van der Waals surface area contributed by atoms with Crippen molar-refractivity contribution in [3.63, 3.8) is 0 Å². The molecule has 5 atom stereocenters. The van der Waals surface area contributed by atoms with Crippen LogP contribution in [0.1, 0.15) is 51.4 Å². The third-order valence-corrected chi connectivity index (χ3v) is 12.1. The summed E-state index contributed by atoms with van der Waals surface area (Å²) in [6, 6.07) is 52.6. The van der Waals surface area contributed by atoms with Gasteiger partial charge in [-0.05, 0) is 83.5 Å². The molecule has 6 aromatic rings. The van der Waals surface area contributed by atoms with Crippen molar-refractivity contribution in [2.75, 3.05) is 20.3 Å². The molecule has 0 aromatic heterocycles. The Balaban J connectivity index is 1.32. The van der Waals surface area contributed by atoms with Crippen LogP contribution in [0.2, 0.25) is 0 Å². The maximum atomic E-state index is 13.7. The predicted octanol–water partition coefficient (Wildman–Crippen LogP) is 10.2. The fourth-order valence-corrected chi connectivity index (χ4v) is 9.14. The lowest BCUT2D eigenvalue weighted by atomic mass is 9.89. The van der Waals surface area contributed by atoms with Crippen LogP contribution in [0.4, 0.5) is 0 Å². The van der Waals surface area contributed by atoms with Crippen molar-refractivity contribution in [3.8, 4) is 11.5 Å². The number of rotatable bonds is 19. The summed E-state index contributed by atoms with van der Waals surface area (Å²) in [5.74, 6) is 1.40. The molecular formula is C51H54O7S. The molecule has 0 saturated carbocycles. The Morgan fingerprint density at radius 3 is 1.63 bits per heavy atom. The van der Waals surface area contributed by atoms with Crippen molar-refractivity contribution >= 4 is 11.8 Å². The van der Waals surface area contributed by atoms with Crippen molar-refractivity contribution in [2.45, 2.75) is 75.2 Å². The zero-order chi connectivity index (χ0) is 40.9. The maximum Gasteiger partial charge on any atom is 0.168 e. The third-order valence-electron chi connectivity index (χ3n) is 10.6. The van der Waals surface area contributed by atoms with E-state index in [1.807, 2.05) is 122 Å². The minimum atomic E-state index is -1.67. The van der Waals surface area contributed by atoms with Gasteiger partial charge in [0.05, 0.1) is 52.0 Å². The molecule has 1 unspecified atom stereocenters. The highest BCUT2D eigenvalue weighted by Crippen LogP contribution is 2.53. The standard InChI is InChI=1S/C51H54O7S/c1-4-55-44-27-25-38(26-28-44)30-43-31-45(46(53-3)29-37(43)2)51(52)50(58-35-42-23-15-8-16-24-42)49(57-34-41-21-13-7-14-22-41)48(56-33-40-19-11-6-12-20-40)47(59-51)36-54-32-39-17-9-5-10-18-39/h5-29,31,47-50,52H,4,30,32-36H2,1-3H3/t47-,48-,49+,50-,51?/m1/s1. The van der Waals surface area contributed by atoms with Gasteiger partial charge in [0.15, 0.2) is 4.93 Å². The highest BCUT2D eigenvalue weighted by atomic mass is 32.2. The van der Waals surface area contributed by atoms with Crippen LogP contribution in [0.25, 0.3) is 0 Å². The van der Waals surface area contributed by atoms with Crippen LogP contribution in [0.3, 0.4) is 0 Å². The largest absolute Gasteiger partial charge is 0.496 e. The van der Waals surface area contributed by atoms with Crippen LogP contribution in [0.15, 0.2) is 158 Å². The van der Waals surface area contributed by atoms with Crippen LogP contribution in [-0.4, -0.2) is 49.0 Å². The second kappa shape index (κ2) is 20.9. The number of hydrogen-bond donors (Lipinski definition) is 1. The van der Waals surface area contributed by atoms with E-state index in [9.17, 15) is 5.11 Å². The molecule has 1 aliphatic rings. The molecule has 0 radical (unpaired) electrons. The minimum Gasteiger partial charge on any atom is -0.496 e. The summed E-state index contributed by atoms with van der Waals surface area (Å²) in [7, 11) is 1.65. The van der Waals surface area contributed by atoms with E-state index in [0.29, 0.717) is 37.6 Å². The molecule has 7 nitrogen and oxygen atoms in total. The summed E-state index contributed by atoms with van der Waals surface area (Å²) in [6.07, 6.45) is -1.54. The van der Waals surface area contributed by atoms with Gasteiger partial charge < -0.3 is 33.5 Å². The van der Waals surface area contributed by atoms with E-state index in [0.717, 1.165) is 44.7 Å². The summed E-state index contributed by atoms with van der Waals surface area (Å²) in [5, 5.41) is 13.3. The summed E-state index contributed by atoms with van der Waals surface area (Å²) in [6.45, 7) is 6.23. The van der Waals surface area contributed by atoms with Crippen molar-refractivity contribution in [3.05, 3.63) is 202 Å². The topological polar surface area (TPSA) is 75.6 Å². The van der Waals surface area contributed by atoms with Gasteiger partial charge in [-0.25, -0.2) is 0 Å². The van der Waals surface area contributed by atoms with Crippen LogP contribution >= 0.6 is 11.8 Å². The number of methoxy groups -OCH3 is 1. The molecule has 1 aliphatic heterocycles. The van der Waals surface area contributed by atoms with Crippen molar-refractivity contribution in [1.82, 2.24) is 0 Å². The summed E-state index contributed by atoms with van der Waals surface area (Å²) in [5.41, 5.74) is 7.91. The fraction of sp³-hybridized carbons (Fsp3) is 0.294. The SMILES string of the molecule is CCOc1ccc(Cc2cc(C3(O)S[C@H](COCc4ccccc4)[C@@H](OCc4ccccc4)[C@H](OCc4ccccc4)[C@H]3OCc3ccccc3)c(OC)cc2C)cc1. The van der Waals surface area contributed by atoms with E-state index >= 15 is 0 Å². The zero-order valence-electron chi connectivity index (χ0n) is 34.1. The number of aryl methyl sites for hydroxylation is 1. The molecule has 1 heterocycles. The summed E-state index contributed by atoms with van der Waals surface area (Å²) >= 11 is 1.40. The number of ether oxygens (including phenoxy) is 6. The van der Waals surface area contributed by atoms with Crippen molar-refractivity contribution in [1.29, 1.82) is 0 Å². The van der Waals surface area contributed by atoms with E-state index in [2.05, 4.69) is 49.4 Å². The normalized spacial score (nSPS) is 20.3. The first kappa shape index (κ1) is 42.2. The van der Waals surface area contributed by atoms with E-state index < -0.39 is 23.2 Å². The Kier molecular flexibility index (Phi) is 14.9. The Morgan fingerprint density at radius 1 is 0.593 bits per heavy atom. The Labute approximate surface area is 353 Å². The average molecular weight is 811 g/mol. The van der Waals surface area contributed by atoms with Gasteiger partial charge >= 0.3 is 0 Å². The number of thioether (sulfide) groups is 1. The van der Waals surface area contributed by atoms with Gasteiger partial charge in [-0.1, -0.05) is 133 Å². The molecule has 1 fully saturated rings. The highest BCUT2D eigenvalue weighted by molar-refractivity contribution is 8.00. The molecule has 1 N–H and O–H groups in total. The molecule has 0 bridgehead atoms. The van der Waals surface area contributed by atoms with Gasteiger partial charge in [0, 0.05) is 5.56 Å². The number of aliphatic hydroxyl groups is 1. The van der Waals surface area contributed by atoms with E-state index in [4.69, 9.17) is 28.4 Å². The molecule has 306 valence electrons. The third kappa shape index (κ3) is 11.0. The van der Waals surface area contributed by atoms with Crippen LogP contribution in [0, 0.1) is 6.92 Å². The van der Waals surface area contributed by atoms with Gasteiger partial charge in [-0.3, -0.25) is 0 Å². The predicted molar refractivity (Wildman–Crippen MR) is 235 cm³/mol. The molecule has 0 aliphatic carbocycles. The first-order valence-electron chi connectivity index (χ1n) is 20.3. The fourth-order valence-electron chi connectivity index (χ4n) is 7.53. The first-order valence-corrected chi connectivity index (χ1v) is 21.2. The highest BCUT2D eigenvalue weighted by Gasteiger charge is 2.57. The smallest absolute Gasteiger partial charge is 0.168 e. The molecule has 0 amide bonds. The lowest BCUT2D eigenvalue weighted by Crippen LogP contribution is -2.61. The van der Waals surface area contributed by atoms with Gasteiger partial charge in [0.1, 0.15) is 29.8 Å². The molecule has 7 rings (SSSR count). The molecule has 0 spiro atoms. The zero-order valence-corrected chi connectivity index (χ0v) is 34.9. The van der Waals surface area contributed by atoms with Crippen LogP contribution in [0.5, 0.6) is 11.5 Å². The van der Waals surface area contributed by atoms with Gasteiger partial charge in [-0.2, -0.15) is 0 Å². The lowest BCUT2D eigenvalue weighted by Gasteiger charge is -2.50. The van der Waals surface area contributed by atoms with Gasteiger partial charge in [0.2, 0.25) is 0 Å². The summed E-state index contributed by atoms with van der Waals surface area (Å²) in [4.78, 5) is -1.67. The van der Waals surface area contributed by atoms with E-state index in [-0.39, 0.29) is 25.1 Å². The van der Waals surface area contributed by atoms with Gasteiger partial charge in [0.25, 0.3) is 0 Å². The molecular weight excluding hydrogens is 757 g/mol. The van der Waals surface area contributed by atoms with Crippen LogP contribution in [-0.2, 0) is 56.7 Å². The van der Waals surface area contributed by atoms with Gasteiger partial charge in [-0.15, -0.1) is 11.8 Å². The van der Waals surface area contributed by atoms with E-state index in [1.54, 1.807) is 7.11 Å². The average Bonchev–Trinajstić information content (AvgIpc) is 3.27. The van der Waals surface area contributed by atoms with Crippen molar-refractivity contribution in [2.24, 2.45) is 0 Å². The Morgan fingerprint density at radius 2 is 1.10 bits per heavy atom. The maximum absolute atomic E-state index is 13.7. The molecule has 8 heteroatoms. The number of hydrogen-bond acceptors (Lipinski definition) is 8. The Bertz CT molecular complexity index is 2150. The lowest BCUT2D eigenvalue weighted by molar-refractivity contribution is -0.199. The first-order chi connectivity index (χ1) is 28.9. The van der Waals surface area contributed by atoms with Crippen LogP contribution < -0.4 is 9.47 Å². The minimum absolute atomic E-state index is 0.243. The number of benzene rings is 6. The monoisotopic (exact) mass is 810 g/mol. The quantitative estimate of drug-likeness (QED) is 0.0867. The second-order valence-corrected chi connectivity index (χ2v) is 16.3. The second-order valence-electron chi connectivity index (χ2n) is 14.8. The molecule has 59 heavy (non-hydrogen) atoms. The van der Waals surface area contributed by atoms with Crippen molar-refractivity contribution < 1.29 is 33.5 Å². The van der Waals surface area contributed by atoms with E-state index in [1.165, 1.54) is 11.8 Å².